The van der Waals surface area contributed by atoms with E-state index in [1.807, 2.05) is 6.92 Å². The van der Waals surface area contributed by atoms with Gasteiger partial charge in [-0.25, -0.2) is 14.4 Å². The van der Waals surface area contributed by atoms with Gasteiger partial charge < -0.3 is 9.64 Å². The van der Waals surface area contributed by atoms with Gasteiger partial charge in [0.1, 0.15) is 17.8 Å². The summed E-state index contributed by atoms with van der Waals surface area (Å²) in [7, 11) is 0. The average molecular weight is 492 g/mol. The zero-order valence-electron chi connectivity index (χ0n) is 18.4. The van der Waals surface area contributed by atoms with Crippen LogP contribution < -0.4 is 4.74 Å². The molecule has 3 aromatic rings. The number of thiazole rings is 1. The lowest BCUT2D eigenvalue weighted by molar-refractivity contribution is -0.137. The number of halogens is 4. The number of benzene rings is 1. The molecule has 1 aliphatic rings. The number of carbonyl (C=O) groups is 1. The van der Waals surface area contributed by atoms with Crippen molar-refractivity contribution in [3.63, 3.8) is 0 Å². The lowest BCUT2D eigenvalue weighted by Gasteiger charge is -2.33. The number of ether oxygens (including phenoxy) is 1. The molecule has 0 radical (unpaired) electrons. The summed E-state index contributed by atoms with van der Waals surface area (Å²) < 4.78 is 57.2. The maximum atomic E-state index is 13.6. The molecule has 1 saturated heterocycles. The topological polar surface area (TPSA) is 55.3 Å². The summed E-state index contributed by atoms with van der Waals surface area (Å²) in [6.45, 7) is 4.18. The molecule has 0 unspecified atom stereocenters. The number of aryl methyl sites for hydroxylation is 1. The molecule has 0 bridgehead atoms. The van der Waals surface area contributed by atoms with Gasteiger partial charge in [-0.05, 0) is 49.4 Å². The van der Waals surface area contributed by atoms with E-state index >= 15 is 0 Å². The first kappa shape index (κ1) is 23.9. The predicted octanol–water partition coefficient (Wildman–Crippen LogP) is 6.46. The molecule has 3 heterocycles. The van der Waals surface area contributed by atoms with E-state index in [1.54, 1.807) is 24.0 Å². The molecule has 4 rings (SSSR count). The van der Waals surface area contributed by atoms with Gasteiger partial charge in [0.2, 0.25) is 5.88 Å². The molecule has 1 fully saturated rings. The van der Waals surface area contributed by atoms with Crippen LogP contribution in [0.1, 0.15) is 40.8 Å². The number of nitrogens with zero attached hydrogens (tertiary/aromatic N) is 3. The van der Waals surface area contributed by atoms with E-state index in [9.17, 15) is 22.4 Å². The molecule has 2 aromatic heterocycles. The van der Waals surface area contributed by atoms with Crippen molar-refractivity contribution in [1.29, 1.82) is 0 Å². The molecule has 178 valence electrons. The highest BCUT2D eigenvalue weighted by molar-refractivity contribution is 7.15. The SMILES string of the molecule is Cc1nc(C(=O)N2CCC[C@@H](C)/C2=C\Oc2ccc(C(F)(F)F)cn2)c(-c2ccc(F)cc2)s1. The Morgan fingerprint density at radius 1 is 1.21 bits per heavy atom. The minimum atomic E-state index is -4.49. The van der Waals surface area contributed by atoms with Gasteiger partial charge in [0, 0.05) is 18.8 Å². The van der Waals surface area contributed by atoms with Crippen LogP contribution in [0.3, 0.4) is 0 Å². The second-order valence-corrected chi connectivity index (χ2v) is 9.16. The molecule has 5 nitrogen and oxygen atoms in total. The van der Waals surface area contributed by atoms with Crippen LogP contribution in [0.2, 0.25) is 0 Å². The quantitative estimate of drug-likeness (QED) is 0.310. The summed E-state index contributed by atoms with van der Waals surface area (Å²) in [4.78, 5) is 23.9. The maximum Gasteiger partial charge on any atom is 0.417 e. The Morgan fingerprint density at radius 2 is 1.94 bits per heavy atom. The summed E-state index contributed by atoms with van der Waals surface area (Å²) in [6, 6.07) is 7.90. The third kappa shape index (κ3) is 5.11. The Balaban J connectivity index is 1.61. The highest BCUT2D eigenvalue weighted by Crippen LogP contribution is 2.35. The van der Waals surface area contributed by atoms with Gasteiger partial charge in [0.15, 0.2) is 0 Å². The summed E-state index contributed by atoms with van der Waals surface area (Å²) in [5.74, 6) is -0.726. The minimum absolute atomic E-state index is 0.0119. The van der Waals surface area contributed by atoms with Crippen LogP contribution in [0.25, 0.3) is 10.4 Å². The number of aromatic nitrogens is 2. The van der Waals surface area contributed by atoms with Crippen molar-refractivity contribution in [3.8, 4) is 16.3 Å². The van der Waals surface area contributed by atoms with Crippen LogP contribution in [0.15, 0.2) is 54.6 Å². The number of allylic oxidation sites excluding steroid dienone is 1. The van der Waals surface area contributed by atoms with Crippen LogP contribution in [0.4, 0.5) is 17.6 Å². The average Bonchev–Trinajstić information content (AvgIpc) is 3.19. The molecule has 1 aromatic carbocycles. The Labute approximate surface area is 197 Å². The molecule has 0 spiro atoms. The zero-order chi connectivity index (χ0) is 24.5. The van der Waals surface area contributed by atoms with Crippen molar-refractivity contribution in [2.45, 2.75) is 32.9 Å². The summed E-state index contributed by atoms with van der Waals surface area (Å²) in [5.41, 5.74) is 0.675. The van der Waals surface area contributed by atoms with Crippen molar-refractivity contribution >= 4 is 17.2 Å². The molecular formula is C24H21F4N3O2S. The molecule has 1 amide bonds. The second-order valence-electron chi connectivity index (χ2n) is 7.96. The Kier molecular flexibility index (Phi) is 6.70. The molecule has 1 atom stereocenters. The van der Waals surface area contributed by atoms with Crippen LogP contribution >= 0.6 is 11.3 Å². The highest BCUT2D eigenvalue weighted by Gasteiger charge is 2.32. The standard InChI is InChI=1S/C24H21F4N3O2S/c1-14-4-3-11-31(19(14)13-33-20-10-7-17(12-29-20)24(26,27)28)23(32)21-22(34-15(2)30-21)16-5-8-18(25)9-6-16/h5-10,12-14H,3-4,11H2,1-2H3/b19-13+/t14-/m1/s1. The van der Waals surface area contributed by atoms with E-state index in [0.717, 1.165) is 25.0 Å². The summed E-state index contributed by atoms with van der Waals surface area (Å²) in [6.07, 6.45) is -0.820. The molecular weight excluding hydrogens is 470 g/mol. The highest BCUT2D eigenvalue weighted by atomic mass is 32.1. The Hall–Kier alpha value is -3.27. The number of carbonyl (C=O) groups excluding carboxylic acids is 1. The van der Waals surface area contributed by atoms with Gasteiger partial charge in [-0.3, -0.25) is 4.79 Å². The number of likely N-dealkylation sites (tertiary alicyclic amines) is 1. The monoisotopic (exact) mass is 491 g/mol. The fourth-order valence-electron chi connectivity index (χ4n) is 3.73. The smallest absolute Gasteiger partial charge is 0.417 e. The maximum absolute atomic E-state index is 13.6. The summed E-state index contributed by atoms with van der Waals surface area (Å²) in [5, 5.41) is 0.698. The van der Waals surface area contributed by atoms with Crippen molar-refractivity contribution in [2.75, 3.05) is 6.54 Å². The van der Waals surface area contributed by atoms with Gasteiger partial charge in [0.05, 0.1) is 21.1 Å². The molecule has 1 aliphatic heterocycles. The number of alkyl halides is 3. The van der Waals surface area contributed by atoms with Gasteiger partial charge in [-0.2, -0.15) is 13.2 Å². The van der Waals surface area contributed by atoms with E-state index in [1.165, 1.54) is 29.7 Å². The van der Waals surface area contributed by atoms with Crippen molar-refractivity contribution in [1.82, 2.24) is 14.9 Å². The molecule has 10 heteroatoms. The van der Waals surface area contributed by atoms with Crippen molar-refractivity contribution < 1.29 is 27.1 Å². The van der Waals surface area contributed by atoms with Crippen molar-refractivity contribution in [3.05, 3.63) is 76.6 Å². The largest absolute Gasteiger partial charge is 0.445 e. The van der Waals surface area contributed by atoms with Gasteiger partial charge in [0.25, 0.3) is 5.91 Å². The number of pyridine rings is 1. The number of amides is 1. The first-order valence-electron chi connectivity index (χ1n) is 10.6. The van der Waals surface area contributed by atoms with E-state index < -0.39 is 11.7 Å². The van der Waals surface area contributed by atoms with Crippen LogP contribution in [0.5, 0.6) is 5.88 Å². The van der Waals surface area contributed by atoms with Crippen LogP contribution in [-0.2, 0) is 6.18 Å². The Bertz CT molecular complexity index is 1200. The normalized spacial score (nSPS) is 17.8. The third-order valence-electron chi connectivity index (χ3n) is 5.49. The third-order valence-corrected chi connectivity index (χ3v) is 6.51. The Morgan fingerprint density at radius 3 is 2.59 bits per heavy atom. The first-order chi connectivity index (χ1) is 16.1. The lowest BCUT2D eigenvalue weighted by Crippen LogP contribution is -2.38. The van der Waals surface area contributed by atoms with Gasteiger partial charge in [-0.15, -0.1) is 11.3 Å². The number of piperidine rings is 1. The van der Waals surface area contributed by atoms with E-state index in [2.05, 4.69) is 9.97 Å². The summed E-state index contributed by atoms with van der Waals surface area (Å²) >= 11 is 1.35. The first-order valence-corrected chi connectivity index (χ1v) is 11.4. The molecule has 34 heavy (non-hydrogen) atoms. The molecule has 0 aliphatic carbocycles. The lowest BCUT2D eigenvalue weighted by atomic mass is 9.96. The predicted molar refractivity (Wildman–Crippen MR) is 120 cm³/mol. The van der Waals surface area contributed by atoms with Crippen LogP contribution in [0, 0.1) is 18.7 Å². The van der Waals surface area contributed by atoms with Crippen molar-refractivity contribution in [2.24, 2.45) is 5.92 Å². The minimum Gasteiger partial charge on any atom is -0.445 e. The van der Waals surface area contributed by atoms with E-state index in [0.29, 0.717) is 33.9 Å². The van der Waals surface area contributed by atoms with Gasteiger partial charge in [-0.1, -0.05) is 19.1 Å². The number of hydrogen-bond acceptors (Lipinski definition) is 5. The van der Waals surface area contributed by atoms with E-state index in [-0.39, 0.29) is 29.2 Å². The van der Waals surface area contributed by atoms with Gasteiger partial charge >= 0.3 is 6.18 Å². The second kappa shape index (κ2) is 9.54. The number of rotatable bonds is 4. The van der Waals surface area contributed by atoms with E-state index in [4.69, 9.17) is 4.74 Å². The van der Waals surface area contributed by atoms with Crippen LogP contribution in [-0.4, -0.2) is 27.3 Å². The molecule has 0 saturated carbocycles. The number of hydrogen-bond donors (Lipinski definition) is 0. The fourth-order valence-corrected chi connectivity index (χ4v) is 4.65. The zero-order valence-corrected chi connectivity index (χ0v) is 19.2. The molecule has 0 N–H and O–H groups in total. The fraction of sp³-hybridized carbons (Fsp3) is 0.292.